The van der Waals surface area contributed by atoms with Crippen molar-refractivity contribution in [2.75, 3.05) is 0 Å². The molecule has 0 fully saturated rings. The predicted octanol–water partition coefficient (Wildman–Crippen LogP) is 4.37. The number of hydrogen-bond acceptors (Lipinski definition) is 1. The monoisotopic (exact) mass is 372 g/mol. The van der Waals surface area contributed by atoms with Gasteiger partial charge in [-0.25, -0.2) is 4.57 Å². The van der Waals surface area contributed by atoms with Crippen LogP contribution in [0.2, 0.25) is 19.6 Å². The number of imidazole rings is 1. The van der Waals surface area contributed by atoms with Crippen LogP contribution in [0.15, 0.2) is 67.0 Å². The normalized spacial score (nSPS) is 11.9. The fraction of sp³-hybridized carbons (Fsp3) is 0.217. The summed E-state index contributed by atoms with van der Waals surface area (Å²) in [6.45, 7) is 9.37. The van der Waals surface area contributed by atoms with Crippen molar-refractivity contribution in [1.82, 2.24) is 9.55 Å². The van der Waals surface area contributed by atoms with Crippen molar-refractivity contribution in [3.8, 4) is 17.1 Å². The highest BCUT2D eigenvalue weighted by Crippen LogP contribution is 2.28. The van der Waals surface area contributed by atoms with Gasteiger partial charge in [-0.05, 0) is 41.9 Å². The molecule has 4 rings (SSSR count). The van der Waals surface area contributed by atoms with Crippen LogP contribution in [-0.4, -0.2) is 17.6 Å². The Morgan fingerprint density at radius 3 is 2.37 bits per heavy atom. The van der Waals surface area contributed by atoms with Gasteiger partial charge >= 0.3 is 0 Å². The highest BCUT2D eigenvalue weighted by atomic mass is 28.3. The molecule has 136 valence electrons. The number of aromatic nitrogens is 3. The number of benzene rings is 2. The summed E-state index contributed by atoms with van der Waals surface area (Å²) in [5.41, 5.74) is 6.16. The zero-order valence-corrected chi connectivity index (χ0v) is 17.7. The summed E-state index contributed by atoms with van der Waals surface area (Å²) in [5, 5.41) is 1.47. The average Bonchev–Trinajstić information content (AvgIpc) is 2.94. The maximum absolute atomic E-state index is 4.30. The topological polar surface area (TPSA) is 21.7 Å². The molecular formula is C23H26N3Si+. The molecule has 0 aliphatic heterocycles. The zero-order valence-electron chi connectivity index (χ0n) is 16.7. The number of aryl methyl sites for hydroxylation is 2. The molecule has 27 heavy (non-hydrogen) atoms. The van der Waals surface area contributed by atoms with Crippen molar-refractivity contribution in [1.29, 1.82) is 0 Å². The van der Waals surface area contributed by atoms with E-state index in [4.69, 9.17) is 0 Å². The predicted molar refractivity (Wildman–Crippen MR) is 115 cm³/mol. The molecule has 0 saturated heterocycles. The summed E-state index contributed by atoms with van der Waals surface area (Å²) in [7, 11) is 0.639. The Morgan fingerprint density at radius 1 is 0.926 bits per heavy atom. The van der Waals surface area contributed by atoms with Gasteiger partial charge in [0.2, 0.25) is 0 Å². The zero-order chi connectivity index (χ0) is 19.2. The van der Waals surface area contributed by atoms with Crippen LogP contribution in [0.1, 0.15) is 5.56 Å². The van der Waals surface area contributed by atoms with Crippen molar-refractivity contribution >= 4 is 24.3 Å². The molecule has 0 bridgehead atoms. The van der Waals surface area contributed by atoms with E-state index < -0.39 is 8.07 Å². The van der Waals surface area contributed by atoms with Crippen LogP contribution in [0.4, 0.5) is 0 Å². The second-order valence-electron chi connectivity index (χ2n) is 8.16. The molecule has 4 heteroatoms. The lowest BCUT2D eigenvalue weighted by Gasteiger charge is -2.19. The lowest BCUT2D eigenvalue weighted by Crippen LogP contribution is -2.40. The molecule has 0 atom stereocenters. The van der Waals surface area contributed by atoms with E-state index in [1.54, 1.807) is 0 Å². The highest BCUT2D eigenvalue weighted by molar-refractivity contribution is 6.89. The number of nitrogens with zero attached hydrogens (tertiary/aromatic N) is 3. The van der Waals surface area contributed by atoms with E-state index in [1.165, 1.54) is 38.9 Å². The first kappa shape index (κ1) is 17.7. The van der Waals surface area contributed by atoms with E-state index in [-0.39, 0.29) is 0 Å². The van der Waals surface area contributed by atoms with Crippen molar-refractivity contribution in [2.24, 2.45) is 7.05 Å². The Balaban J connectivity index is 2.17. The first-order valence-corrected chi connectivity index (χ1v) is 12.9. The van der Waals surface area contributed by atoms with Gasteiger partial charge in [0, 0.05) is 12.4 Å². The summed E-state index contributed by atoms with van der Waals surface area (Å²) in [6.07, 6.45) is 3.83. The Kier molecular flexibility index (Phi) is 4.23. The minimum Gasteiger partial charge on any atom is -0.264 e. The number of pyridine rings is 1. The van der Waals surface area contributed by atoms with E-state index in [9.17, 15) is 0 Å². The maximum Gasteiger partial charge on any atom is 0.295 e. The smallest absolute Gasteiger partial charge is 0.264 e. The van der Waals surface area contributed by atoms with E-state index in [1.807, 2.05) is 12.4 Å². The molecule has 0 unspecified atom stereocenters. The molecule has 0 radical (unpaired) electrons. The highest BCUT2D eigenvalue weighted by Gasteiger charge is 2.30. The van der Waals surface area contributed by atoms with Gasteiger partial charge in [-0.1, -0.05) is 50.0 Å². The molecule has 2 heterocycles. The largest absolute Gasteiger partial charge is 0.295 e. The van der Waals surface area contributed by atoms with Crippen LogP contribution < -0.4 is 9.75 Å². The first-order valence-electron chi connectivity index (χ1n) is 9.40. The van der Waals surface area contributed by atoms with E-state index in [0.29, 0.717) is 0 Å². The van der Waals surface area contributed by atoms with Crippen LogP contribution in [0.25, 0.3) is 28.1 Å². The SMILES string of the molecule is Cc1cnccc1-c1n(-c2ccccc2[Si](C)(C)C)c2ccccc2[n+]1C. The number of para-hydroxylation sites is 3. The van der Waals surface area contributed by atoms with Gasteiger partial charge in [-0.2, -0.15) is 4.57 Å². The van der Waals surface area contributed by atoms with Crippen LogP contribution in [-0.2, 0) is 7.05 Å². The molecule has 3 nitrogen and oxygen atoms in total. The molecule has 0 amide bonds. The second kappa shape index (κ2) is 6.46. The van der Waals surface area contributed by atoms with Gasteiger partial charge in [0.15, 0.2) is 11.0 Å². The lowest BCUT2D eigenvalue weighted by molar-refractivity contribution is -0.633. The molecule has 0 aliphatic carbocycles. The molecule has 0 N–H and O–H groups in total. The Bertz CT molecular complexity index is 1140. The fourth-order valence-corrected chi connectivity index (χ4v) is 5.45. The van der Waals surface area contributed by atoms with Crippen LogP contribution in [0, 0.1) is 6.92 Å². The Labute approximate surface area is 162 Å². The third-order valence-corrected chi connectivity index (χ3v) is 7.27. The third-order valence-electron chi connectivity index (χ3n) is 5.23. The fourth-order valence-electron chi connectivity index (χ4n) is 3.89. The van der Waals surface area contributed by atoms with Crippen LogP contribution in [0.3, 0.4) is 0 Å². The van der Waals surface area contributed by atoms with Gasteiger partial charge in [0.05, 0.1) is 20.7 Å². The summed E-state index contributed by atoms with van der Waals surface area (Å²) in [6, 6.07) is 19.7. The minimum absolute atomic E-state index is 1.18. The number of hydrogen-bond donors (Lipinski definition) is 0. The lowest BCUT2D eigenvalue weighted by atomic mass is 10.1. The standard InChI is InChI=1S/C23H26N3Si/c1-17-16-24-15-14-18(17)23-25(2)19-10-6-7-11-20(19)26(23)21-12-8-9-13-22(21)27(3,4)5/h6-16H,1-5H3/q+1. The summed E-state index contributed by atoms with van der Waals surface area (Å²) < 4.78 is 4.74. The van der Waals surface area contributed by atoms with Crippen molar-refractivity contribution in [2.45, 2.75) is 26.6 Å². The Morgan fingerprint density at radius 2 is 1.63 bits per heavy atom. The molecule has 2 aromatic heterocycles. The number of fused-ring (bicyclic) bond motifs is 1. The van der Waals surface area contributed by atoms with E-state index >= 15 is 0 Å². The molecule has 0 spiro atoms. The van der Waals surface area contributed by atoms with Crippen molar-refractivity contribution in [3.05, 3.63) is 72.6 Å². The quantitative estimate of drug-likeness (QED) is 0.386. The maximum atomic E-state index is 4.30. The summed E-state index contributed by atoms with van der Waals surface area (Å²) >= 11 is 0. The number of rotatable bonds is 3. The van der Waals surface area contributed by atoms with Crippen LogP contribution >= 0.6 is 0 Å². The first-order chi connectivity index (χ1) is 12.9. The van der Waals surface area contributed by atoms with Gasteiger partial charge in [0.1, 0.15) is 5.69 Å². The molecular weight excluding hydrogens is 346 g/mol. The average molecular weight is 373 g/mol. The summed E-state index contributed by atoms with van der Waals surface area (Å²) in [4.78, 5) is 4.30. The van der Waals surface area contributed by atoms with Crippen LogP contribution in [0.5, 0.6) is 0 Å². The minimum atomic E-state index is -1.52. The molecule has 2 aromatic carbocycles. The second-order valence-corrected chi connectivity index (χ2v) is 13.2. The van der Waals surface area contributed by atoms with Gasteiger partial charge in [0.25, 0.3) is 5.82 Å². The van der Waals surface area contributed by atoms with Crippen molar-refractivity contribution in [3.63, 3.8) is 0 Å². The van der Waals surface area contributed by atoms with E-state index in [0.717, 1.165) is 0 Å². The Hall–Kier alpha value is -2.72. The van der Waals surface area contributed by atoms with Gasteiger partial charge < -0.3 is 0 Å². The molecule has 4 aromatic rings. The van der Waals surface area contributed by atoms with E-state index in [2.05, 4.69) is 102 Å². The molecule has 0 aliphatic rings. The molecule has 0 saturated carbocycles. The summed E-state index contributed by atoms with van der Waals surface area (Å²) in [5.74, 6) is 1.20. The van der Waals surface area contributed by atoms with Gasteiger partial charge in [-0.3, -0.25) is 4.98 Å². The third kappa shape index (κ3) is 2.90. The van der Waals surface area contributed by atoms with Crippen molar-refractivity contribution < 1.29 is 4.57 Å². The van der Waals surface area contributed by atoms with Gasteiger partial charge in [-0.15, -0.1) is 0 Å².